The number of aromatic hydroxyl groups is 1. The van der Waals surface area contributed by atoms with Crippen LogP contribution in [-0.2, 0) is 0 Å². The first-order valence-electron chi connectivity index (χ1n) is 7.75. The molecule has 4 nitrogen and oxygen atoms in total. The van der Waals surface area contributed by atoms with Crippen molar-refractivity contribution in [3.63, 3.8) is 0 Å². The Labute approximate surface area is 133 Å². The van der Waals surface area contributed by atoms with Gasteiger partial charge in [-0.05, 0) is 26.7 Å². The number of Topliss-reactive ketones (excluding diaryl/α,β-unsaturated/α-hetero) is 1. The van der Waals surface area contributed by atoms with Gasteiger partial charge < -0.3 is 9.67 Å². The van der Waals surface area contributed by atoms with E-state index in [2.05, 4.69) is 10.6 Å². The van der Waals surface area contributed by atoms with Gasteiger partial charge in [-0.1, -0.05) is 24.3 Å². The van der Waals surface area contributed by atoms with Gasteiger partial charge >= 0.3 is 0 Å². The molecule has 1 aromatic heterocycles. The molecule has 0 unspecified atom stereocenters. The van der Waals surface area contributed by atoms with E-state index in [1.54, 1.807) is 0 Å². The van der Waals surface area contributed by atoms with Crippen molar-refractivity contribution in [2.45, 2.75) is 32.7 Å². The number of benzene rings is 2. The summed E-state index contributed by atoms with van der Waals surface area (Å²) in [6, 6.07) is 10.0. The van der Waals surface area contributed by atoms with Gasteiger partial charge in [0.1, 0.15) is 17.4 Å². The Morgan fingerprint density at radius 1 is 1.30 bits per heavy atom. The monoisotopic (exact) mass is 304 g/mol. The van der Waals surface area contributed by atoms with Crippen molar-refractivity contribution in [2.24, 2.45) is 0 Å². The molecule has 0 bridgehead atoms. The zero-order valence-corrected chi connectivity index (χ0v) is 13.1. The molecule has 1 N–H and O–H groups in total. The van der Waals surface area contributed by atoms with E-state index in [1.165, 1.54) is 6.92 Å². The largest absolute Gasteiger partial charge is 0.506 e. The third-order valence-corrected chi connectivity index (χ3v) is 4.75. The molecule has 1 aliphatic rings. The van der Waals surface area contributed by atoms with Crippen LogP contribution in [0, 0.1) is 18.3 Å². The number of rotatable bonds is 2. The summed E-state index contributed by atoms with van der Waals surface area (Å²) in [6.45, 7) is 3.45. The first-order valence-corrected chi connectivity index (χ1v) is 7.75. The Morgan fingerprint density at radius 2 is 1.96 bits per heavy atom. The minimum atomic E-state index is -0.0712. The number of hydrogen-bond donors (Lipinski definition) is 1. The van der Waals surface area contributed by atoms with Crippen LogP contribution in [0.25, 0.3) is 21.7 Å². The minimum Gasteiger partial charge on any atom is -0.506 e. The molecule has 1 saturated carbocycles. The molecule has 1 heterocycles. The molecular weight excluding hydrogens is 288 g/mol. The second-order valence-corrected chi connectivity index (χ2v) is 6.22. The summed E-state index contributed by atoms with van der Waals surface area (Å²) >= 11 is 0. The van der Waals surface area contributed by atoms with Crippen LogP contribution in [0.2, 0.25) is 0 Å². The molecular formula is C19H16N2O2. The van der Waals surface area contributed by atoms with Crippen molar-refractivity contribution >= 4 is 27.5 Å². The molecule has 4 heteroatoms. The number of hydrogen-bond acceptors (Lipinski definition) is 3. The molecule has 2 aromatic carbocycles. The van der Waals surface area contributed by atoms with E-state index in [-0.39, 0.29) is 17.1 Å². The number of carbonyl (C=O) groups excluding carboxylic acids is 1. The zero-order chi connectivity index (χ0) is 16.3. The van der Waals surface area contributed by atoms with Gasteiger partial charge in [-0.25, -0.2) is 0 Å². The van der Waals surface area contributed by atoms with Crippen LogP contribution >= 0.6 is 0 Å². The molecule has 3 aromatic rings. The van der Waals surface area contributed by atoms with E-state index < -0.39 is 0 Å². The number of fused-ring (bicyclic) bond motifs is 3. The van der Waals surface area contributed by atoms with Crippen molar-refractivity contribution in [1.29, 1.82) is 5.26 Å². The van der Waals surface area contributed by atoms with Crippen LogP contribution in [-0.4, -0.2) is 15.5 Å². The number of phenolic OH excluding ortho intramolecular Hbond substituents is 1. The molecule has 4 rings (SSSR count). The van der Waals surface area contributed by atoms with Crippen LogP contribution < -0.4 is 0 Å². The van der Waals surface area contributed by atoms with Gasteiger partial charge in [0.25, 0.3) is 0 Å². The van der Waals surface area contributed by atoms with E-state index in [1.807, 2.05) is 31.2 Å². The first kappa shape index (κ1) is 13.8. The molecule has 0 atom stereocenters. The topological polar surface area (TPSA) is 66.0 Å². The van der Waals surface area contributed by atoms with Crippen LogP contribution in [0.1, 0.15) is 47.4 Å². The fourth-order valence-corrected chi connectivity index (χ4v) is 3.69. The van der Waals surface area contributed by atoms with Gasteiger partial charge in [-0.3, -0.25) is 4.79 Å². The Kier molecular flexibility index (Phi) is 2.76. The molecule has 23 heavy (non-hydrogen) atoms. The molecule has 0 amide bonds. The minimum absolute atomic E-state index is 0.0361. The normalized spacial score (nSPS) is 14.3. The summed E-state index contributed by atoms with van der Waals surface area (Å²) in [5.74, 6) is -0.107. The summed E-state index contributed by atoms with van der Waals surface area (Å²) in [5.41, 5.74) is 2.55. The maximum atomic E-state index is 12.2. The van der Waals surface area contributed by atoms with E-state index in [0.29, 0.717) is 22.4 Å². The zero-order valence-electron chi connectivity index (χ0n) is 13.1. The fourth-order valence-electron chi connectivity index (χ4n) is 3.69. The van der Waals surface area contributed by atoms with Crippen molar-refractivity contribution in [3.8, 4) is 11.8 Å². The van der Waals surface area contributed by atoms with Gasteiger partial charge in [0, 0.05) is 33.5 Å². The lowest BCUT2D eigenvalue weighted by Gasteiger charge is -2.10. The molecule has 0 saturated heterocycles. The van der Waals surface area contributed by atoms with Crippen LogP contribution in [0.4, 0.5) is 0 Å². The summed E-state index contributed by atoms with van der Waals surface area (Å²) < 4.78 is 2.19. The first-order chi connectivity index (χ1) is 11.1. The average molecular weight is 304 g/mol. The average Bonchev–Trinajstić information content (AvgIpc) is 3.31. The number of phenols is 1. The predicted octanol–water partition coefficient (Wildman–Crippen LogP) is 4.22. The Bertz CT molecular complexity index is 1030. The maximum absolute atomic E-state index is 12.2. The third kappa shape index (κ3) is 1.74. The number of aromatic nitrogens is 1. The van der Waals surface area contributed by atoms with Gasteiger partial charge in [-0.15, -0.1) is 0 Å². The quantitative estimate of drug-likeness (QED) is 0.721. The van der Waals surface area contributed by atoms with E-state index in [4.69, 9.17) is 0 Å². The van der Waals surface area contributed by atoms with Crippen LogP contribution in [0.3, 0.4) is 0 Å². The summed E-state index contributed by atoms with van der Waals surface area (Å²) in [6.07, 6.45) is 2.16. The molecule has 0 radical (unpaired) electrons. The lowest BCUT2D eigenvalue weighted by Crippen LogP contribution is -1.99. The Hall–Kier alpha value is -2.80. The number of nitriles is 1. The summed E-state index contributed by atoms with van der Waals surface area (Å²) in [5, 5.41) is 22.3. The second-order valence-electron chi connectivity index (χ2n) is 6.22. The number of ketones is 1. The highest BCUT2D eigenvalue weighted by atomic mass is 16.3. The van der Waals surface area contributed by atoms with E-state index in [0.717, 1.165) is 29.4 Å². The fraction of sp³-hybridized carbons (Fsp3) is 0.263. The predicted molar refractivity (Wildman–Crippen MR) is 88.8 cm³/mol. The van der Waals surface area contributed by atoms with E-state index in [9.17, 15) is 15.2 Å². The summed E-state index contributed by atoms with van der Waals surface area (Å²) in [4.78, 5) is 12.2. The molecule has 1 aliphatic carbocycles. The van der Waals surface area contributed by atoms with E-state index >= 15 is 0 Å². The van der Waals surface area contributed by atoms with Gasteiger partial charge in [-0.2, -0.15) is 5.26 Å². The highest BCUT2D eigenvalue weighted by Gasteiger charge is 2.32. The van der Waals surface area contributed by atoms with Crippen molar-refractivity contribution in [3.05, 3.63) is 41.1 Å². The Balaban J connectivity index is 2.37. The SMILES string of the molecule is CC(=O)c1c(C)n(C2CC2)c2c1c(C#N)c(O)c1ccccc12. The molecule has 114 valence electrons. The van der Waals surface area contributed by atoms with Crippen LogP contribution in [0.5, 0.6) is 5.75 Å². The highest BCUT2D eigenvalue weighted by molar-refractivity contribution is 6.19. The lowest BCUT2D eigenvalue weighted by molar-refractivity contribution is 0.101. The smallest absolute Gasteiger partial charge is 0.162 e. The molecule has 0 aliphatic heterocycles. The van der Waals surface area contributed by atoms with Crippen molar-refractivity contribution in [1.82, 2.24) is 4.57 Å². The number of nitrogens with zero attached hydrogens (tertiary/aromatic N) is 2. The van der Waals surface area contributed by atoms with Crippen molar-refractivity contribution < 1.29 is 9.90 Å². The molecule has 0 spiro atoms. The highest BCUT2D eigenvalue weighted by Crippen LogP contribution is 2.46. The lowest BCUT2D eigenvalue weighted by atomic mass is 9.97. The van der Waals surface area contributed by atoms with Gasteiger partial charge in [0.15, 0.2) is 5.78 Å². The standard InChI is InChI=1S/C19H16N2O2/c1-10-16(11(2)22)17-15(9-20)19(23)14-6-4-3-5-13(14)18(17)21(10)12-7-8-12/h3-6,12,23H,7-8H2,1-2H3. The molecule has 1 fully saturated rings. The maximum Gasteiger partial charge on any atom is 0.162 e. The summed E-state index contributed by atoms with van der Waals surface area (Å²) in [7, 11) is 0. The van der Waals surface area contributed by atoms with Gasteiger partial charge in [0.2, 0.25) is 0 Å². The Morgan fingerprint density at radius 3 is 2.52 bits per heavy atom. The van der Waals surface area contributed by atoms with Crippen molar-refractivity contribution in [2.75, 3.05) is 0 Å². The third-order valence-electron chi connectivity index (χ3n) is 4.75. The van der Waals surface area contributed by atoms with Gasteiger partial charge in [0.05, 0.1) is 5.52 Å². The van der Waals surface area contributed by atoms with Crippen LogP contribution in [0.15, 0.2) is 24.3 Å². The number of carbonyl (C=O) groups is 1. The second kappa shape index (κ2) is 4.60.